The fourth-order valence-electron chi connectivity index (χ4n) is 4.33. The van der Waals surface area contributed by atoms with Gasteiger partial charge in [0.25, 0.3) is 0 Å². The van der Waals surface area contributed by atoms with Crippen LogP contribution in [0.15, 0.2) is 0 Å². The number of fused-ring (bicyclic) bond motifs is 1. The van der Waals surface area contributed by atoms with E-state index in [0.29, 0.717) is 24.4 Å². The van der Waals surface area contributed by atoms with Crippen molar-refractivity contribution in [3.63, 3.8) is 0 Å². The summed E-state index contributed by atoms with van der Waals surface area (Å²) in [6.07, 6.45) is 9.96. The van der Waals surface area contributed by atoms with Crippen LogP contribution in [0.4, 0.5) is 0 Å². The molecule has 0 aromatic heterocycles. The van der Waals surface area contributed by atoms with Crippen molar-refractivity contribution in [1.29, 1.82) is 0 Å². The number of rotatable bonds is 5. The van der Waals surface area contributed by atoms with Crippen LogP contribution >= 0.6 is 0 Å². The van der Waals surface area contributed by atoms with Crippen LogP contribution in [-0.4, -0.2) is 29.9 Å². The second kappa shape index (κ2) is 5.20. The number of nitrogens with two attached hydrogens (primary N) is 1. The number of carbonyl (C=O) groups is 1. The van der Waals surface area contributed by atoms with Crippen LogP contribution < -0.4 is 5.73 Å². The Bertz CT molecular complexity index is 302. The number of nitrogens with zero attached hydrogens (tertiary/aromatic N) is 1. The zero-order chi connectivity index (χ0) is 12.5. The second-order valence-electron chi connectivity index (χ2n) is 6.40. The summed E-state index contributed by atoms with van der Waals surface area (Å²) in [6.45, 7) is 1.60. The first-order chi connectivity index (χ1) is 8.83. The summed E-state index contributed by atoms with van der Waals surface area (Å²) in [5, 5.41) is 0. The predicted octanol–water partition coefficient (Wildman–Crippen LogP) is 2.15. The van der Waals surface area contributed by atoms with Crippen molar-refractivity contribution >= 4 is 5.91 Å². The van der Waals surface area contributed by atoms with E-state index in [1.165, 1.54) is 44.9 Å². The maximum atomic E-state index is 12.7. The fourth-order valence-corrected chi connectivity index (χ4v) is 4.33. The Morgan fingerprint density at radius 2 is 1.72 bits per heavy atom. The van der Waals surface area contributed by atoms with Gasteiger partial charge in [-0.05, 0) is 50.5 Å². The molecule has 3 fully saturated rings. The SMILES string of the molecule is NCCCN(C(=O)C1C2CCCC21)C1CCCC1. The van der Waals surface area contributed by atoms with Gasteiger partial charge in [-0.3, -0.25) is 4.79 Å². The van der Waals surface area contributed by atoms with Gasteiger partial charge >= 0.3 is 0 Å². The molecular weight excluding hydrogens is 224 g/mol. The monoisotopic (exact) mass is 250 g/mol. The van der Waals surface area contributed by atoms with Crippen LogP contribution in [0, 0.1) is 17.8 Å². The van der Waals surface area contributed by atoms with E-state index in [9.17, 15) is 4.79 Å². The second-order valence-corrected chi connectivity index (χ2v) is 6.40. The van der Waals surface area contributed by atoms with Crippen LogP contribution in [0.2, 0.25) is 0 Å². The van der Waals surface area contributed by atoms with E-state index < -0.39 is 0 Å². The molecule has 3 saturated carbocycles. The Kier molecular flexibility index (Phi) is 3.60. The first-order valence-electron chi connectivity index (χ1n) is 7.83. The molecule has 3 aliphatic carbocycles. The molecule has 18 heavy (non-hydrogen) atoms. The van der Waals surface area contributed by atoms with Gasteiger partial charge in [-0.2, -0.15) is 0 Å². The normalized spacial score (nSPS) is 34.6. The topological polar surface area (TPSA) is 46.3 Å². The third-order valence-corrected chi connectivity index (χ3v) is 5.34. The van der Waals surface area contributed by atoms with Crippen LogP contribution in [0.5, 0.6) is 0 Å². The molecule has 0 aliphatic heterocycles. The van der Waals surface area contributed by atoms with Crippen LogP contribution in [0.3, 0.4) is 0 Å². The molecule has 2 unspecified atom stereocenters. The van der Waals surface area contributed by atoms with E-state index in [1.807, 2.05) is 0 Å². The molecular formula is C15H26N2O. The largest absolute Gasteiger partial charge is 0.339 e. The van der Waals surface area contributed by atoms with Crippen molar-refractivity contribution in [1.82, 2.24) is 4.90 Å². The Hall–Kier alpha value is -0.570. The highest BCUT2D eigenvalue weighted by Gasteiger charge is 2.57. The summed E-state index contributed by atoms with van der Waals surface area (Å²) >= 11 is 0. The molecule has 1 amide bonds. The smallest absolute Gasteiger partial charge is 0.226 e. The molecule has 2 atom stereocenters. The predicted molar refractivity (Wildman–Crippen MR) is 72.0 cm³/mol. The van der Waals surface area contributed by atoms with Crippen molar-refractivity contribution in [2.75, 3.05) is 13.1 Å². The summed E-state index contributed by atoms with van der Waals surface area (Å²) in [5.41, 5.74) is 5.62. The molecule has 3 aliphatic rings. The molecule has 0 aromatic carbocycles. The first kappa shape index (κ1) is 12.5. The van der Waals surface area contributed by atoms with E-state index in [-0.39, 0.29) is 0 Å². The van der Waals surface area contributed by atoms with Crippen LogP contribution in [0.1, 0.15) is 51.4 Å². The standard InChI is InChI=1S/C15H26N2O/c16-9-4-10-17(11-5-1-2-6-11)15(18)14-12-7-3-8-13(12)14/h11-14H,1-10,16H2. The Morgan fingerprint density at radius 3 is 2.33 bits per heavy atom. The molecule has 3 rings (SSSR count). The summed E-state index contributed by atoms with van der Waals surface area (Å²) in [6, 6.07) is 0.533. The number of amides is 1. The van der Waals surface area contributed by atoms with Crippen molar-refractivity contribution < 1.29 is 4.79 Å². The van der Waals surface area contributed by atoms with Gasteiger partial charge in [0.05, 0.1) is 0 Å². The highest BCUT2D eigenvalue weighted by atomic mass is 16.2. The van der Waals surface area contributed by atoms with E-state index in [4.69, 9.17) is 5.73 Å². The van der Waals surface area contributed by atoms with Crippen molar-refractivity contribution in [2.45, 2.75) is 57.4 Å². The third kappa shape index (κ3) is 2.18. The lowest BCUT2D eigenvalue weighted by Gasteiger charge is -2.29. The number of hydrogen-bond donors (Lipinski definition) is 1. The van der Waals surface area contributed by atoms with E-state index >= 15 is 0 Å². The summed E-state index contributed by atoms with van der Waals surface area (Å²) in [4.78, 5) is 14.9. The van der Waals surface area contributed by atoms with Crippen LogP contribution in [-0.2, 0) is 4.79 Å². The number of carbonyl (C=O) groups excluding carboxylic acids is 1. The third-order valence-electron chi connectivity index (χ3n) is 5.34. The van der Waals surface area contributed by atoms with Gasteiger partial charge in [0.15, 0.2) is 0 Å². The Labute approximate surface area is 110 Å². The zero-order valence-electron chi connectivity index (χ0n) is 11.3. The van der Waals surface area contributed by atoms with Gasteiger partial charge < -0.3 is 10.6 Å². The lowest BCUT2D eigenvalue weighted by atomic mass is 10.1. The van der Waals surface area contributed by atoms with Gasteiger partial charge in [-0.15, -0.1) is 0 Å². The average molecular weight is 250 g/mol. The highest BCUT2D eigenvalue weighted by Crippen LogP contribution is 2.58. The van der Waals surface area contributed by atoms with Crippen LogP contribution in [0.25, 0.3) is 0 Å². The minimum Gasteiger partial charge on any atom is -0.339 e. The average Bonchev–Trinajstić information content (AvgIpc) is 2.82. The lowest BCUT2D eigenvalue weighted by Crippen LogP contribution is -2.41. The molecule has 3 heteroatoms. The van der Waals surface area contributed by atoms with Gasteiger partial charge in [-0.1, -0.05) is 19.3 Å². The fraction of sp³-hybridized carbons (Fsp3) is 0.933. The lowest BCUT2D eigenvalue weighted by molar-refractivity contribution is -0.135. The summed E-state index contributed by atoms with van der Waals surface area (Å²) in [7, 11) is 0. The number of hydrogen-bond acceptors (Lipinski definition) is 2. The Morgan fingerprint density at radius 1 is 1.06 bits per heavy atom. The summed E-state index contributed by atoms with van der Waals surface area (Å²) in [5.74, 6) is 2.38. The molecule has 0 saturated heterocycles. The molecule has 0 spiro atoms. The van der Waals surface area contributed by atoms with Gasteiger partial charge in [0, 0.05) is 18.5 Å². The highest BCUT2D eigenvalue weighted by molar-refractivity contribution is 5.83. The van der Waals surface area contributed by atoms with E-state index in [0.717, 1.165) is 24.8 Å². The minimum absolute atomic E-state index is 0.400. The maximum Gasteiger partial charge on any atom is 0.226 e. The molecule has 0 aromatic rings. The van der Waals surface area contributed by atoms with Crippen molar-refractivity contribution in [3.8, 4) is 0 Å². The molecule has 0 heterocycles. The molecule has 3 nitrogen and oxygen atoms in total. The van der Waals surface area contributed by atoms with Crippen molar-refractivity contribution in [2.24, 2.45) is 23.5 Å². The van der Waals surface area contributed by atoms with E-state index in [1.54, 1.807) is 0 Å². The zero-order valence-corrected chi connectivity index (χ0v) is 11.3. The van der Waals surface area contributed by atoms with Gasteiger partial charge in [0.1, 0.15) is 0 Å². The van der Waals surface area contributed by atoms with E-state index in [2.05, 4.69) is 4.90 Å². The van der Waals surface area contributed by atoms with Gasteiger partial charge in [0.2, 0.25) is 5.91 Å². The quantitative estimate of drug-likeness (QED) is 0.812. The maximum absolute atomic E-state index is 12.7. The molecule has 0 bridgehead atoms. The van der Waals surface area contributed by atoms with Crippen molar-refractivity contribution in [3.05, 3.63) is 0 Å². The first-order valence-corrected chi connectivity index (χ1v) is 7.83. The Balaban J connectivity index is 1.62. The summed E-state index contributed by atoms with van der Waals surface area (Å²) < 4.78 is 0. The molecule has 2 N–H and O–H groups in total. The minimum atomic E-state index is 0.400. The van der Waals surface area contributed by atoms with Gasteiger partial charge in [-0.25, -0.2) is 0 Å². The molecule has 0 radical (unpaired) electrons. The molecule has 102 valence electrons.